The summed E-state index contributed by atoms with van der Waals surface area (Å²) < 4.78 is 14.1. The van der Waals surface area contributed by atoms with Gasteiger partial charge in [-0.3, -0.25) is 4.98 Å². The van der Waals surface area contributed by atoms with Crippen molar-refractivity contribution in [2.75, 3.05) is 0 Å². The second-order valence-corrected chi connectivity index (χ2v) is 9.67. The van der Waals surface area contributed by atoms with Crippen molar-refractivity contribution >= 4 is 6.08 Å². The van der Waals surface area contributed by atoms with Crippen LogP contribution in [-0.2, 0) is 19.3 Å². The Balaban J connectivity index is 0.000000212. The number of nitrogens with zero attached hydrogens (tertiary/aromatic N) is 1. The van der Waals surface area contributed by atoms with Gasteiger partial charge in [0.25, 0.3) is 0 Å². The van der Waals surface area contributed by atoms with Crippen LogP contribution in [0.2, 0.25) is 0 Å². The van der Waals surface area contributed by atoms with E-state index in [4.69, 9.17) is 0 Å². The highest BCUT2D eigenvalue weighted by molar-refractivity contribution is 5.78. The first-order valence-corrected chi connectivity index (χ1v) is 12.6. The Bertz CT molecular complexity index is 1380. The van der Waals surface area contributed by atoms with E-state index in [9.17, 15) is 4.39 Å². The predicted octanol–water partition coefficient (Wildman–Crippen LogP) is 7.44. The number of hydrogen-bond acceptors (Lipinski definition) is 2. The maximum absolute atomic E-state index is 14.1. The molecule has 2 aromatic carbocycles. The molecule has 0 saturated carbocycles. The lowest BCUT2D eigenvalue weighted by atomic mass is 9.73. The molecule has 3 heterocycles. The number of benzene rings is 2. The van der Waals surface area contributed by atoms with Gasteiger partial charge in [0.2, 0.25) is 0 Å². The second-order valence-electron chi connectivity index (χ2n) is 9.67. The third kappa shape index (κ3) is 4.51. The van der Waals surface area contributed by atoms with Crippen LogP contribution in [0.15, 0.2) is 96.5 Å². The molecule has 1 aromatic heterocycles. The summed E-state index contributed by atoms with van der Waals surface area (Å²) in [4.78, 5) is 4.52. The van der Waals surface area contributed by atoms with E-state index in [0.717, 1.165) is 36.9 Å². The Morgan fingerprint density at radius 2 is 1.89 bits per heavy atom. The summed E-state index contributed by atoms with van der Waals surface area (Å²) in [6.45, 7) is 0. The minimum atomic E-state index is -0.161. The van der Waals surface area contributed by atoms with Crippen molar-refractivity contribution < 1.29 is 4.39 Å². The molecule has 3 aliphatic carbocycles. The summed E-state index contributed by atoms with van der Waals surface area (Å²) in [6.07, 6.45) is 21.2. The molecule has 1 atom stereocenters. The average Bonchev–Trinajstić information content (AvgIpc) is 3.28. The van der Waals surface area contributed by atoms with Gasteiger partial charge in [0.1, 0.15) is 5.82 Å². The molecule has 174 valence electrons. The SMILES string of the molecule is C1=CC2=CC=C(CC2)N1.Fc1ccc2c(c1)-c1ccc3c(c1CC2Cc1ccccn1)CCC=C3. The van der Waals surface area contributed by atoms with E-state index in [-0.39, 0.29) is 5.82 Å². The van der Waals surface area contributed by atoms with E-state index in [1.807, 2.05) is 30.6 Å². The first-order chi connectivity index (χ1) is 17.2. The molecule has 1 unspecified atom stereocenters. The van der Waals surface area contributed by atoms with E-state index in [0.29, 0.717) is 5.92 Å². The quantitative estimate of drug-likeness (QED) is 0.430. The number of hydrogen-bond donors (Lipinski definition) is 1. The van der Waals surface area contributed by atoms with Crippen molar-refractivity contribution in [1.29, 1.82) is 0 Å². The topological polar surface area (TPSA) is 24.9 Å². The summed E-state index contributed by atoms with van der Waals surface area (Å²) in [6, 6.07) is 15.7. The number of fused-ring (bicyclic) bond motifs is 8. The largest absolute Gasteiger partial charge is 0.365 e. The van der Waals surface area contributed by atoms with Gasteiger partial charge < -0.3 is 5.32 Å². The minimum absolute atomic E-state index is 0.161. The van der Waals surface area contributed by atoms with E-state index in [2.05, 4.69) is 58.9 Å². The summed E-state index contributed by atoms with van der Waals surface area (Å²) in [5.74, 6) is 0.177. The number of pyridine rings is 1. The van der Waals surface area contributed by atoms with Gasteiger partial charge in [0, 0.05) is 23.8 Å². The zero-order valence-electron chi connectivity index (χ0n) is 19.8. The number of halogens is 1. The first-order valence-electron chi connectivity index (χ1n) is 12.6. The molecule has 0 spiro atoms. The molecular weight excluding hydrogens is 431 g/mol. The van der Waals surface area contributed by atoms with Gasteiger partial charge in [-0.2, -0.15) is 0 Å². The Kier molecular flexibility index (Phi) is 5.91. The lowest BCUT2D eigenvalue weighted by molar-refractivity contribution is 0.619. The molecule has 3 heteroatoms. The maximum atomic E-state index is 14.1. The fourth-order valence-corrected chi connectivity index (χ4v) is 5.68. The third-order valence-corrected chi connectivity index (χ3v) is 7.45. The predicted molar refractivity (Wildman–Crippen MR) is 141 cm³/mol. The van der Waals surface area contributed by atoms with Crippen LogP contribution < -0.4 is 5.32 Å². The van der Waals surface area contributed by atoms with Crippen LogP contribution in [0, 0.1) is 5.82 Å². The van der Waals surface area contributed by atoms with Crippen LogP contribution in [0.25, 0.3) is 17.2 Å². The monoisotopic (exact) mass is 460 g/mol. The molecule has 0 radical (unpaired) electrons. The number of nitrogens with one attached hydrogen (secondary N) is 1. The van der Waals surface area contributed by atoms with Crippen molar-refractivity contribution in [2.45, 2.75) is 44.4 Å². The number of rotatable bonds is 2. The zero-order valence-corrected chi connectivity index (χ0v) is 19.8. The van der Waals surface area contributed by atoms with Crippen LogP contribution in [0.3, 0.4) is 0 Å². The average molecular weight is 461 g/mol. The van der Waals surface area contributed by atoms with Crippen molar-refractivity contribution in [3.05, 3.63) is 130 Å². The Morgan fingerprint density at radius 3 is 2.74 bits per heavy atom. The van der Waals surface area contributed by atoms with E-state index >= 15 is 0 Å². The molecule has 3 aromatic rings. The zero-order chi connectivity index (χ0) is 23.6. The van der Waals surface area contributed by atoms with Gasteiger partial charge in [-0.1, -0.05) is 42.5 Å². The van der Waals surface area contributed by atoms with Crippen LogP contribution in [-0.4, -0.2) is 4.98 Å². The Morgan fingerprint density at radius 1 is 0.914 bits per heavy atom. The van der Waals surface area contributed by atoms with Crippen molar-refractivity contribution in [3.8, 4) is 11.1 Å². The molecular formula is C32H29FN2. The molecule has 0 saturated heterocycles. The van der Waals surface area contributed by atoms with Gasteiger partial charge in [-0.05, 0) is 120 Å². The number of allylic oxidation sites excluding steroid dienone is 6. The molecule has 2 nitrogen and oxygen atoms in total. The van der Waals surface area contributed by atoms with E-state index in [1.165, 1.54) is 51.9 Å². The van der Waals surface area contributed by atoms with E-state index in [1.54, 1.807) is 12.1 Å². The van der Waals surface area contributed by atoms with Crippen molar-refractivity contribution in [2.24, 2.45) is 0 Å². The van der Waals surface area contributed by atoms with Crippen LogP contribution >= 0.6 is 0 Å². The lowest BCUT2D eigenvalue weighted by Gasteiger charge is -2.31. The Labute approximate surface area is 206 Å². The smallest absolute Gasteiger partial charge is 0.123 e. The number of aromatic nitrogens is 1. The van der Waals surface area contributed by atoms with Crippen molar-refractivity contribution in [3.63, 3.8) is 0 Å². The highest BCUT2D eigenvalue weighted by Gasteiger charge is 2.28. The van der Waals surface area contributed by atoms with Crippen LogP contribution in [0.5, 0.6) is 0 Å². The van der Waals surface area contributed by atoms with Gasteiger partial charge in [0.15, 0.2) is 0 Å². The summed E-state index contributed by atoms with van der Waals surface area (Å²) in [7, 11) is 0. The van der Waals surface area contributed by atoms with E-state index < -0.39 is 0 Å². The lowest BCUT2D eigenvalue weighted by Crippen LogP contribution is -2.17. The summed E-state index contributed by atoms with van der Waals surface area (Å²) in [5, 5.41) is 3.20. The first kappa shape index (κ1) is 21.8. The second kappa shape index (κ2) is 9.50. The highest BCUT2D eigenvalue weighted by Crippen LogP contribution is 2.44. The third-order valence-electron chi connectivity index (χ3n) is 7.45. The molecule has 0 fully saturated rings. The molecule has 35 heavy (non-hydrogen) atoms. The molecule has 2 aliphatic heterocycles. The Hall–Kier alpha value is -3.72. The normalized spacial score (nSPS) is 18.6. The molecule has 5 aliphatic rings. The molecule has 0 amide bonds. The fourth-order valence-electron chi connectivity index (χ4n) is 5.68. The summed E-state index contributed by atoms with van der Waals surface area (Å²) >= 11 is 0. The van der Waals surface area contributed by atoms with Crippen molar-refractivity contribution in [1.82, 2.24) is 10.3 Å². The van der Waals surface area contributed by atoms with Gasteiger partial charge in [-0.15, -0.1) is 0 Å². The van der Waals surface area contributed by atoms with Crippen LogP contribution in [0.4, 0.5) is 4.39 Å². The highest BCUT2D eigenvalue weighted by atomic mass is 19.1. The van der Waals surface area contributed by atoms with Gasteiger partial charge in [-0.25, -0.2) is 4.39 Å². The maximum Gasteiger partial charge on any atom is 0.123 e. The molecule has 8 rings (SSSR count). The molecule has 2 bridgehead atoms. The minimum Gasteiger partial charge on any atom is -0.365 e. The van der Waals surface area contributed by atoms with Crippen LogP contribution in [0.1, 0.15) is 53.1 Å². The standard InChI is InChI=1S/C24H20FN.C8H9N/c25-18-9-11-21-17(13-19-6-3-4-12-26-19)14-23-20-7-2-1-5-16(20)8-10-22(23)24(21)15-18;1-3-8-4-2-7(1)5-6-9-8/h1,3-6,8-12,15,17H,2,7,13-14H2;1,3,5-6,9H,2,4H2. The van der Waals surface area contributed by atoms with Gasteiger partial charge >= 0.3 is 0 Å². The van der Waals surface area contributed by atoms with Gasteiger partial charge in [0.05, 0.1) is 0 Å². The fraction of sp³-hybridized carbons (Fsp3) is 0.219. The summed E-state index contributed by atoms with van der Waals surface area (Å²) in [5.41, 5.74) is 11.6. The molecule has 1 N–H and O–H groups in total.